The van der Waals surface area contributed by atoms with Gasteiger partial charge in [-0.1, -0.05) is 12.1 Å². The van der Waals surface area contributed by atoms with E-state index >= 15 is 0 Å². The molecule has 0 spiro atoms. The van der Waals surface area contributed by atoms with E-state index in [4.69, 9.17) is 10.5 Å². The van der Waals surface area contributed by atoms with Crippen LogP contribution in [0, 0.1) is 0 Å². The molecule has 6 heteroatoms. The van der Waals surface area contributed by atoms with Crippen molar-refractivity contribution in [1.29, 1.82) is 0 Å². The summed E-state index contributed by atoms with van der Waals surface area (Å²) < 4.78 is 5.28. The molecule has 1 heterocycles. The van der Waals surface area contributed by atoms with E-state index in [1.165, 1.54) is 0 Å². The average molecular weight is 274 g/mol. The minimum Gasteiger partial charge on any atom is -0.478 e. The molecule has 2 aromatic rings. The van der Waals surface area contributed by atoms with Gasteiger partial charge in [0, 0.05) is 24.5 Å². The first-order valence-electron chi connectivity index (χ1n) is 6.42. The third kappa shape index (κ3) is 3.83. The van der Waals surface area contributed by atoms with Gasteiger partial charge in [0.25, 0.3) is 0 Å². The highest BCUT2D eigenvalue weighted by atomic mass is 16.5. The van der Waals surface area contributed by atoms with Gasteiger partial charge in [-0.15, -0.1) is 0 Å². The van der Waals surface area contributed by atoms with Gasteiger partial charge in [0.2, 0.25) is 11.8 Å². The normalized spacial score (nSPS) is 11.9. The molecule has 0 radical (unpaired) electrons. The molecule has 0 saturated carbocycles. The molecule has 0 saturated heterocycles. The van der Waals surface area contributed by atoms with Gasteiger partial charge in [-0.05, 0) is 24.6 Å². The Hall–Kier alpha value is -2.34. The molecule has 1 atom stereocenters. The lowest BCUT2D eigenvalue weighted by Crippen LogP contribution is -2.14. The molecule has 20 heavy (non-hydrogen) atoms. The summed E-state index contributed by atoms with van der Waals surface area (Å²) in [6, 6.07) is 8.78. The Bertz CT molecular complexity index is 545. The molecule has 1 aromatic carbocycles. The number of aliphatic hydroxyl groups is 1. The van der Waals surface area contributed by atoms with Crippen LogP contribution in [0.1, 0.15) is 18.6 Å². The lowest BCUT2D eigenvalue weighted by atomic mass is 10.1. The Labute approximate surface area is 117 Å². The van der Waals surface area contributed by atoms with Crippen LogP contribution < -0.4 is 15.8 Å². The van der Waals surface area contributed by atoms with Crippen molar-refractivity contribution in [2.24, 2.45) is 0 Å². The minimum absolute atomic E-state index is 0.305. The number of anilines is 2. The number of hydrogen-bond donors (Lipinski definition) is 3. The number of nitrogen functional groups attached to an aromatic ring is 1. The molecule has 0 amide bonds. The van der Waals surface area contributed by atoms with Crippen LogP contribution >= 0.6 is 0 Å². The van der Waals surface area contributed by atoms with E-state index in [2.05, 4.69) is 15.3 Å². The van der Waals surface area contributed by atoms with Gasteiger partial charge in [-0.2, -0.15) is 4.98 Å². The standard InChI is InChI=1S/C14H18N4O2/c1-2-20-13-7-8-16-14(18-13)17-9-12(19)10-3-5-11(15)6-4-10/h3-8,12,19H,2,9,15H2,1H3,(H,16,17,18). The van der Waals surface area contributed by atoms with Crippen LogP contribution in [0.3, 0.4) is 0 Å². The topological polar surface area (TPSA) is 93.3 Å². The monoisotopic (exact) mass is 274 g/mol. The Morgan fingerprint density at radius 1 is 1.30 bits per heavy atom. The molecule has 0 aliphatic rings. The van der Waals surface area contributed by atoms with Gasteiger partial charge in [0.05, 0.1) is 12.7 Å². The van der Waals surface area contributed by atoms with E-state index < -0.39 is 6.10 Å². The van der Waals surface area contributed by atoms with Gasteiger partial charge in [-0.3, -0.25) is 0 Å². The highest BCUT2D eigenvalue weighted by molar-refractivity contribution is 5.40. The molecule has 0 bridgehead atoms. The second kappa shape index (κ2) is 6.72. The van der Waals surface area contributed by atoms with Crippen LogP contribution in [-0.4, -0.2) is 28.2 Å². The zero-order valence-electron chi connectivity index (χ0n) is 11.3. The number of aromatic nitrogens is 2. The van der Waals surface area contributed by atoms with Crippen LogP contribution in [0.5, 0.6) is 5.88 Å². The van der Waals surface area contributed by atoms with E-state index in [1.807, 2.05) is 6.92 Å². The number of benzene rings is 1. The second-order valence-corrected chi connectivity index (χ2v) is 4.21. The van der Waals surface area contributed by atoms with Gasteiger partial charge in [-0.25, -0.2) is 4.98 Å². The molecular weight excluding hydrogens is 256 g/mol. The number of ether oxygens (including phenoxy) is 1. The van der Waals surface area contributed by atoms with E-state index in [1.54, 1.807) is 36.5 Å². The number of nitrogens with one attached hydrogen (secondary N) is 1. The van der Waals surface area contributed by atoms with Crippen molar-refractivity contribution in [2.45, 2.75) is 13.0 Å². The molecule has 0 fully saturated rings. The van der Waals surface area contributed by atoms with Crippen molar-refractivity contribution in [2.75, 3.05) is 24.2 Å². The van der Waals surface area contributed by atoms with Crippen molar-refractivity contribution < 1.29 is 9.84 Å². The number of rotatable bonds is 6. The van der Waals surface area contributed by atoms with Crippen molar-refractivity contribution in [1.82, 2.24) is 9.97 Å². The summed E-state index contributed by atoms with van der Waals surface area (Å²) in [7, 11) is 0. The molecule has 106 valence electrons. The average Bonchev–Trinajstić information content (AvgIpc) is 2.46. The first-order valence-corrected chi connectivity index (χ1v) is 6.42. The lowest BCUT2D eigenvalue weighted by Gasteiger charge is -2.12. The van der Waals surface area contributed by atoms with Gasteiger partial charge in [0.1, 0.15) is 0 Å². The van der Waals surface area contributed by atoms with E-state index in [0.717, 1.165) is 5.56 Å². The first kappa shape index (κ1) is 14.1. The van der Waals surface area contributed by atoms with Crippen LogP contribution in [0.2, 0.25) is 0 Å². The predicted octanol–water partition coefficient (Wildman–Crippen LogP) is 1.60. The Balaban J connectivity index is 1.94. The summed E-state index contributed by atoms with van der Waals surface area (Å²) in [4.78, 5) is 8.23. The zero-order chi connectivity index (χ0) is 14.4. The van der Waals surface area contributed by atoms with Crippen molar-refractivity contribution >= 4 is 11.6 Å². The van der Waals surface area contributed by atoms with Crippen molar-refractivity contribution in [3.63, 3.8) is 0 Å². The fraction of sp³-hybridized carbons (Fsp3) is 0.286. The molecule has 1 aromatic heterocycles. The molecule has 4 N–H and O–H groups in total. The maximum atomic E-state index is 10.1. The molecule has 0 aliphatic carbocycles. The molecular formula is C14H18N4O2. The van der Waals surface area contributed by atoms with Crippen LogP contribution in [0.25, 0.3) is 0 Å². The van der Waals surface area contributed by atoms with Crippen molar-refractivity contribution in [3.05, 3.63) is 42.1 Å². The Morgan fingerprint density at radius 3 is 2.75 bits per heavy atom. The third-order valence-electron chi connectivity index (χ3n) is 2.70. The lowest BCUT2D eigenvalue weighted by molar-refractivity contribution is 0.191. The summed E-state index contributed by atoms with van der Waals surface area (Å²) in [5.74, 6) is 0.928. The third-order valence-corrected chi connectivity index (χ3v) is 2.70. The fourth-order valence-electron chi connectivity index (χ4n) is 1.68. The second-order valence-electron chi connectivity index (χ2n) is 4.21. The summed E-state index contributed by atoms with van der Waals surface area (Å²) in [5, 5.41) is 13.0. The number of hydrogen-bond acceptors (Lipinski definition) is 6. The Kier molecular flexibility index (Phi) is 4.73. The van der Waals surface area contributed by atoms with Gasteiger partial charge in [0.15, 0.2) is 0 Å². The smallest absolute Gasteiger partial charge is 0.226 e. The molecule has 0 aliphatic heterocycles. The minimum atomic E-state index is -0.657. The van der Waals surface area contributed by atoms with Crippen LogP contribution in [0.15, 0.2) is 36.5 Å². The Morgan fingerprint density at radius 2 is 2.05 bits per heavy atom. The highest BCUT2D eigenvalue weighted by Crippen LogP contribution is 2.15. The van der Waals surface area contributed by atoms with Crippen LogP contribution in [0.4, 0.5) is 11.6 Å². The summed E-state index contributed by atoms with van der Waals surface area (Å²) >= 11 is 0. The predicted molar refractivity (Wildman–Crippen MR) is 77.5 cm³/mol. The quantitative estimate of drug-likeness (QED) is 0.693. The summed E-state index contributed by atoms with van der Waals surface area (Å²) in [6.07, 6.45) is 0.950. The van der Waals surface area contributed by atoms with Gasteiger partial charge < -0.3 is 20.9 Å². The highest BCUT2D eigenvalue weighted by Gasteiger charge is 2.08. The maximum Gasteiger partial charge on any atom is 0.226 e. The number of aliphatic hydroxyl groups excluding tert-OH is 1. The summed E-state index contributed by atoms with van der Waals surface area (Å²) in [6.45, 7) is 2.74. The maximum absolute atomic E-state index is 10.1. The largest absolute Gasteiger partial charge is 0.478 e. The van der Waals surface area contributed by atoms with Gasteiger partial charge >= 0.3 is 0 Å². The molecule has 1 unspecified atom stereocenters. The number of nitrogens with zero attached hydrogens (tertiary/aromatic N) is 2. The molecule has 6 nitrogen and oxygen atoms in total. The summed E-state index contributed by atoms with van der Waals surface area (Å²) in [5.41, 5.74) is 7.06. The SMILES string of the molecule is CCOc1ccnc(NCC(O)c2ccc(N)cc2)n1. The molecule has 2 rings (SSSR count). The van der Waals surface area contributed by atoms with Crippen molar-refractivity contribution in [3.8, 4) is 5.88 Å². The number of nitrogens with two attached hydrogens (primary N) is 1. The first-order chi connectivity index (χ1) is 9.69. The van der Waals surface area contributed by atoms with E-state index in [0.29, 0.717) is 30.7 Å². The zero-order valence-corrected chi connectivity index (χ0v) is 11.3. The van der Waals surface area contributed by atoms with E-state index in [9.17, 15) is 5.11 Å². The van der Waals surface area contributed by atoms with E-state index in [-0.39, 0.29) is 0 Å². The fourth-order valence-corrected chi connectivity index (χ4v) is 1.68. The van der Waals surface area contributed by atoms with Crippen LogP contribution in [-0.2, 0) is 0 Å².